The van der Waals surface area contributed by atoms with Crippen molar-refractivity contribution in [2.45, 2.75) is 6.54 Å². The van der Waals surface area contributed by atoms with Gasteiger partial charge in [0.15, 0.2) is 23.2 Å². The van der Waals surface area contributed by atoms with Gasteiger partial charge in [-0.3, -0.25) is 10.00 Å². The summed E-state index contributed by atoms with van der Waals surface area (Å²) < 4.78 is 25.2. The molecule has 0 spiro atoms. The average Bonchev–Trinajstić information content (AvgIpc) is 3.58. The smallest absolute Gasteiger partial charge is 0.179 e. The van der Waals surface area contributed by atoms with E-state index in [9.17, 15) is 4.39 Å². The third-order valence-electron chi connectivity index (χ3n) is 6.15. The molecule has 0 fully saturated rings. The van der Waals surface area contributed by atoms with Crippen LogP contribution in [0.3, 0.4) is 0 Å². The molecule has 0 radical (unpaired) electrons. The van der Waals surface area contributed by atoms with Crippen molar-refractivity contribution in [2.24, 2.45) is 0 Å². The second-order valence-corrected chi connectivity index (χ2v) is 8.90. The van der Waals surface area contributed by atoms with Gasteiger partial charge in [0.1, 0.15) is 11.5 Å². The maximum Gasteiger partial charge on any atom is 0.179 e. The second kappa shape index (κ2) is 11.3. The van der Waals surface area contributed by atoms with Crippen molar-refractivity contribution in [3.63, 3.8) is 0 Å². The summed E-state index contributed by atoms with van der Waals surface area (Å²) >= 11 is 0. The molecule has 10 nitrogen and oxygen atoms in total. The molecule has 0 saturated carbocycles. The zero-order chi connectivity index (χ0) is 27.4. The average molecular weight is 527 g/mol. The monoisotopic (exact) mass is 526 g/mol. The first-order valence-electron chi connectivity index (χ1n) is 12.1. The van der Waals surface area contributed by atoms with Gasteiger partial charge in [0.05, 0.1) is 48.4 Å². The predicted octanol–water partition coefficient (Wildman–Crippen LogP) is 4.36. The molecule has 0 unspecified atom stereocenters. The van der Waals surface area contributed by atoms with Crippen LogP contribution < -0.4 is 10.1 Å². The topological polar surface area (TPSA) is 117 Å². The van der Waals surface area contributed by atoms with E-state index in [0.717, 1.165) is 29.7 Å². The van der Waals surface area contributed by atoms with Crippen molar-refractivity contribution < 1.29 is 13.9 Å². The highest BCUT2D eigenvalue weighted by atomic mass is 19.1. The maximum atomic E-state index is 14.6. The number of hydrogen-bond acceptors (Lipinski definition) is 8. The first kappa shape index (κ1) is 25.8. The number of benzene rings is 2. The highest BCUT2D eigenvalue weighted by Gasteiger charge is 2.18. The van der Waals surface area contributed by atoms with Crippen LogP contribution in [-0.2, 0) is 11.3 Å². The fourth-order valence-corrected chi connectivity index (χ4v) is 4.13. The van der Waals surface area contributed by atoms with Crippen molar-refractivity contribution in [2.75, 3.05) is 39.7 Å². The summed E-state index contributed by atoms with van der Waals surface area (Å²) in [7, 11) is 5.25. The van der Waals surface area contributed by atoms with Gasteiger partial charge >= 0.3 is 0 Å². The summed E-state index contributed by atoms with van der Waals surface area (Å²) in [4.78, 5) is 19.1. The third kappa shape index (κ3) is 5.57. The number of terminal acetylenes is 1. The summed E-state index contributed by atoms with van der Waals surface area (Å²) in [6, 6.07) is 10.5. The molecule has 0 bridgehead atoms. The molecule has 3 aromatic heterocycles. The van der Waals surface area contributed by atoms with Crippen LogP contribution >= 0.6 is 0 Å². The lowest BCUT2D eigenvalue weighted by Crippen LogP contribution is -2.22. The minimum absolute atomic E-state index is 0.157. The number of rotatable bonds is 10. The van der Waals surface area contributed by atoms with Crippen molar-refractivity contribution in [3.8, 4) is 41.0 Å². The number of nitrogens with zero attached hydrogens (tertiary/aromatic N) is 5. The Labute approximate surface area is 224 Å². The Morgan fingerprint density at radius 1 is 1.13 bits per heavy atom. The largest absolute Gasteiger partial charge is 0.491 e. The lowest BCUT2D eigenvalue weighted by Gasteiger charge is -2.15. The van der Waals surface area contributed by atoms with E-state index in [2.05, 4.69) is 60.5 Å². The van der Waals surface area contributed by atoms with E-state index in [1.54, 1.807) is 13.3 Å². The summed E-state index contributed by atoms with van der Waals surface area (Å²) in [5, 5.41) is 10.4. The van der Waals surface area contributed by atoms with Crippen LogP contribution in [0.4, 0.5) is 15.9 Å². The van der Waals surface area contributed by atoms with E-state index in [1.807, 2.05) is 6.07 Å². The summed E-state index contributed by atoms with van der Waals surface area (Å²) in [6.07, 6.45) is 8.57. The number of hydrogen-bond donors (Lipinski definition) is 3. The van der Waals surface area contributed by atoms with E-state index in [-0.39, 0.29) is 11.4 Å². The first-order chi connectivity index (χ1) is 19.0. The lowest BCUT2D eigenvalue weighted by molar-refractivity contribution is 0.158. The van der Waals surface area contributed by atoms with Gasteiger partial charge in [0, 0.05) is 25.8 Å². The number of aromatic nitrogens is 6. The molecule has 198 valence electrons. The van der Waals surface area contributed by atoms with Gasteiger partial charge in [-0.15, -0.1) is 6.42 Å². The zero-order valence-electron chi connectivity index (χ0n) is 21.7. The van der Waals surface area contributed by atoms with Crippen molar-refractivity contribution in [3.05, 3.63) is 65.7 Å². The molecule has 0 amide bonds. The third-order valence-corrected chi connectivity index (χ3v) is 6.15. The normalized spacial score (nSPS) is 11.2. The predicted molar refractivity (Wildman–Crippen MR) is 147 cm³/mol. The molecule has 5 rings (SSSR count). The Balaban J connectivity index is 1.44. The van der Waals surface area contributed by atoms with Crippen LogP contribution in [0, 0.1) is 18.2 Å². The molecule has 5 aromatic rings. The van der Waals surface area contributed by atoms with Crippen LogP contribution in [0.2, 0.25) is 0 Å². The molecule has 2 aromatic carbocycles. The number of H-pyrrole nitrogens is 2. The van der Waals surface area contributed by atoms with E-state index < -0.39 is 5.82 Å². The molecule has 39 heavy (non-hydrogen) atoms. The molecule has 0 atom stereocenters. The van der Waals surface area contributed by atoms with Crippen LogP contribution in [0.15, 0.2) is 48.8 Å². The van der Waals surface area contributed by atoms with Gasteiger partial charge in [-0.2, -0.15) is 5.10 Å². The van der Waals surface area contributed by atoms with Crippen molar-refractivity contribution >= 4 is 22.5 Å². The summed E-state index contributed by atoms with van der Waals surface area (Å²) in [5.74, 6) is 3.46. The Hall–Kier alpha value is -4.79. The molecule has 11 heteroatoms. The van der Waals surface area contributed by atoms with Gasteiger partial charge in [-0.25, -0.2) is 19.3 Å². The minimum atomic E-state index is -0.486. The SMILES string of the molecule is C#Cc1ccc(F)c(-c2ncc(OC)c(Nc3cn[nH]c3-c3nc4ccc(CN(C)CCOC)cc4[nH]3)n2)c1. The van der Waals surface area contributed by atoms with Crippen molar-refractivity contribution in [1.29, 1.82) is 0 Å². The van der Waals surface area contributed by atoms with Gasteiger partial charge in [-0.05, 0) is 42.9 Å². The molecule has 3 heterocycles. The fourth-order valence-electron chi connectivity index (χ4n) is 4.13. The van der Waals surface area contributed by atoms with Gasteiger partial charge < -0.3 is 19.8 Å². The minimum Gasteiger partial charge on any atom is -0.491 e. The van der Waals surface area contributed by atoms with E-state index in [0.29, 0.717) is 40.9 Å². The maximum absolute atomic E-state index is 14.6. The van der Waals surface area contributed by atoms with Gasteiger partial charge in [0.2, 0.25) is 0 Å². The molecule has 0 aliphatic rings. The number of nitrogens with one attached hydrogen (secondary N) is 3. The standard InChI is InChI=1S/C28H27FN8O2/c1-5-17-6-8-20(29)19(12-17)26-30-15-24(39-4)27(35-26)34-23-14-31-36-25(23)28-32-21-9-7-18(13-22(21)33-28)16-37(2)10-11-38-3/h1,6-9,12-15H,10-11,16H2,2-4H3,(H,31,36)(H,32,33)(H,30,34,35). The van der Waals surface area contributed by atoms with E-state index >= 15 is 0 Å². The van der Waals surface area contributed by atoms with Gasteiger partial charge in [-0.1, -0.05) is 12.0 Å². The number of fused-ring (bicyclic) bond motifs is 1. The quantitative estimate of drug-likeness (QED) is 0.230. The molecular weight excluding hydrogens is 499 g/mol. The van der Waals surface area contributed by atoms with Crippen LogP contribution in [0.1, 0.15) is 11.1 Å². The first-order valence-corrected chi connectivity index (χ1v) is 12.1. The summed E-state index contributed by atoms with van der Waals surface area (Å²) in [5.41, 5.74) is 4.78. The number of halogens is 1. The molecular formula is C28H27FN8O2. The lowest BCUT2D eigenvalue weighted by atomic mass is 10.1. The highest BCUT2D eigenvalue weighted by molar-refractivity contribution is 5.83. The number of likely N-dealkylation sites (N-methyl/N-ethyl adjacent to an activating group) is 1. The Morgan fingerprint density at radius 3 is 2.79 bits per heavy atom. The van der Waals surface area contributed by atoms with Crippen LogP contribution in [0.25, 0.3) is 33.9 Å². The Bertz CT molecular complexity index is 1660. The molecule has 3 N–H and O–H groups in total. The van der Waals surface area contributed by atoms with E-state index in [1.165, 1.54) is 31.5 Å². The summed E-state index contributed by atoms with van der Waals surface area (Å²) in [6.45, 7) is 2.29. The zero-order valence-corrected chi connectivity index (χ0v) is 21.7. The number of imidazole rings is 1. The molecule has 0 aliphatic heterocycles. The molecule has 0 saturated heterocycles. The Morgan fingerprint density at radius 2 is 2.00 bits per heavy atom. The van der Waals surface area contributed by atoms with E-state index in [4.69, 9.17) is 20.9 Å². The van der Waals surface area contributed by atoms with Crippen LogP contribution in [0.5, 0.6) is 5.75 Å². The number of aromatic amines is 2. The number of ether oxygens (including phenoxy) is 2. The molecule has 0 aliphatic carbocycles. The van der Waals surface area contributed by atoms with Crippen molar-refractivity contribution in [1.82, 2.24) is 35.0 Å². The number of anilines is 2. The number of methoxy groups -OCH3 is 2. The van der Waals surface area contributed by atoms with Crippen LogP contribution in [-0.4, -0.2) is 69.5 Å². The Kier molecular flexibility index (Phi) is 7.49. The second-order valence-electron chi connectivity index (χ2n) is 8.90. The van der Waals surface area contributed by atoms with Gasteiger partial charge in [0.25, 0.3) is 0 Å². The fraction of sp³-hybridized carbons (Fsp3) is 0.214. The highest BCUT2D eigenvalue weighted by Crippen LogP contribution is 2.32.